The fourth-order valence-electron chi connectivity index (χ4n) is 2.23. The summed E-state index contributed by atoms with van der Waals surface area (Å²) in [5, 5.41) is 3.46. The molecule has 2 rings (SSSR count). The van der Waals surface area contributed by atoms with Crippen LogP contribution in [0.1, 0.15) is 35.8 Å². The van der Waals surface area contributed by atoms with E-state index in [1.54, 1.807) is 12.3 Å². The Morgan fingerprint density at radius 3 is 3.17 bits per heavy atom. The first-order chi connectivity index (χ1) is 8.64. The zero-order valence-corrected chi connectivity index (χ0v) is 10.9. The summed E-state index contributed by atoms with van der Waals surface area (Å²) in [5.41, 5.74) is 1.43. The van der Waals surface area contributed by atoms with E-state index in [2.05, 4.69) is 17.2 Å². The smallest absolute Gasteiger partial charge is 0.339 e. The third-order valence-corrected chi connectivity index (χ3v) is 3.37. The van der Waals surface area contributed by atoms with Gasteiger partial charge in [0.25, 0.3) is 0 Å². The van der Waals surface area contributed by atoms with Crippen LogP contribution in [0.15, 0.2) is 12.3 Å². The molecule has 0 amide bonds. The fourth-order valence-corrected chi connectivity index (χ4v) is 2.23. The summed E-state index contributed by atoms with van der Waals surface area (Å²) in [6.45, 7) is 4.30. The van der Waals surface area contributed by atoms with Crippen LogP contribution in [0.2, 0.25) is 0 Å². The highest BCUT2D eigenvalue weighted by molar-refractivity contribution is 5.90. The second-order valence-corrected chi connectivity index (χ2v) is 4.93. The van der Waals surface area contributed by atoms with Crippen LogP contribution in [-0.2, 0) is 16.0 Å². The number of carbonyl (C=O) groups excluding carboxylic acids is 1. The number of carbonyl (C=O) groups is 1. The molecule has 1 aromatic heterocycles. The van der Waals surface area contributed by atoms with Crippen LogP contribution in [0.5, 0.6) is 0 Å². The molecule has 1 atom stereocenters. The normalized spacial score (nSPS) is 23.9. The van der Waals surface area contributed by atoms with Crippen molar-refractivity contribution in [1.29, 1.82) is 0 Å². The lowest BCUT2D eigenvalue weighted by molar-refractivity contribution is 0.0275. The molecule has 0 bridgehead atoms. The molecule has 5 heteroatoms. The van der Waals surface area contributed by atoms with E-state index in [1.807, 2.05) is 0 Å². The van der Waals surface area contributed by atoms with Crippen molar-refractivity contribution in [2.24, 2.45) is 0 Å². The molecule has 100 valence electrons. The molecule has 0 saturated carbocycles. The molecule has 0 aliphatic carbocycles. The van der Waals surface area contributed by atoms with Crippen LogP contribution < -0.4 is 5.32 Å². The number of nitrogens with one attached hydrogen (secondary N) is 2. The highest BCUT2D eigenvalue weighted by Crippen LogP contribution is 2.19. The first kappa shape index (κ1) is 13.1. The van der Waals surface area contributed by atoms with Gasteiger partial charge in [-0.15, -0.1) is 0 Å². The van der Waals surface area contributed by atoms with Crippen LogP contribution in [0.3, 0.4) is 0 Å². The van der Waals surface area contributed by atoms with Gasteiger partial charge in [-0.1, -0.05) is 0 Å². The minimum atomic E-state index is -0.307. The van der Waals surface area contributed by atoms with Gasteiger partial charge in [0.2, 0.25) is 0 Å². The summed E-state index contributed by atoms with van der Waals surface area (Å²) >= 11 is 0. The van der Waals surface area contributed by atoms with Gasteiger partial charge in [0, 0.05) is 30.6 Å². The molecule has 0 spiro atoms. The Balaban J connectivity index is 1.97. The number of rotatable bonds is 4. The van der Waals surface area contributed by atoms with Crippen molar-refractivity contribution in [3.63, 3.8) is 0 Å². The molecule has 0 radical (unpaired) electrons. The van der Waals surface area contributed by atoms with Gasteiger partial charge in [-0.2, -0.15) is 0 Å². The zero-order chi connectivity index (χ0) is 13.0. The van der Waals surface area contributed by atoms with Crippen LogP contribution in [-0.4, -0.2) is 36.8 Å². The summed E-state index contributed by atoms with van der Waals surface area (Å²) in [6.07, 6.45) is 3.91. The number of aromatic amines is 1. The van der Waals surface area contributed by atoms with Crippen LogP contribution >= 0.6 is 0 Å². The molecule has 5 nitrogen and oxygen atoms in total. The third kappa shape index (κ3) is 2.91. The summed E-state index contributed by atoms with van der Waals surface area (Å²) in [5.74, 6) is -0.307. The molecule has 1 saturated heterocycles. The number of ether oxygens (including phenoxy) is 2. The van der Waals surface area contributed by atoms with Crippen LogP contribution in [0.25, 0.3) is 0 Å². The largest absolute Gasteiger partial charge is 0.465 e. The maximum absolute atomic E-state index is 11.5. The van der Waals surface area contributed by atoms with Crippen molar-refractivity contribution < 1.29 is 14.3 Å². The second kappa shape index (κ2) is 5.54. The summed E-state index contributed by atoms with van der Waals surface area (Å²) < 4.78 is 10.2. The molecule has 1 fully saturated rings. The average Bonchev–Trinajstić information content (AvgIpc) is 2.85. The van der Waals surface area contributed by atoms with E-state index in [4.69, 9.17) is 9.47 Å². The van der Waals surface area contributed by atoms with Gasteiger partial charge in [0.15, 0.2) is 0 Å². The molecular formula is C13H20N2O3. The molecule has 1 aliphatic heterocycles. The lowest BCUT2D eigenvalue weighted by Crippen LogP contribution is -2.48. The van der Waals surface area contributed by atoms with Gasteiger partial charge in [-0.25, -0.2) is 4.79 Å². The monoisotopic (exact) mass is 252 g/mol. The number of H-pyrrole nitrogens is 1. The molecule has 18 heavy (non-hydrogen) atoms. The summed E-state index contributed by atoms with van der Waals surface area (Å²) in [6, 6.07) is 1.74. The van der Waals surface area contributed by atoms with E-state index in [9.17, 15) is 4.79 Å². The van der Waals surface area contributed by atoms with Gasteiger partial charge in [0.05, 0.1) is 19.3 Å². The van der Waals surface area contributed by atoms with Crippen LogP contribution in [0, 0.1) is 0 Å². The molecule has 1 aliphatic rings. The first-order valence-corrected chi connectivity index (χ1v) is 6.22. The molecule has 2 N–H and O–H groups in total. The van der Waals surface area contributed by atoms with Crippen molar-refractivity contribution >= 4 is 5.97 Å². The predicted octanol–water partition coefficient (Wildman–Crippen LogP) is 1.46. The Labute approximate surface area is 107 Å². The van der Waals surface area contributed by atoms with Crippen molar-refractivity contribution in [2.75, 3.05) is 20.3 Å². The SMILES string of the molecule is COC(=O)c1cc[nH]c1CNC1(C)CCCOC1. The van der Waals surface area contributed by atoms with E-state index in [-0.39, 0.29) is 11.5 Å². The standard InChI is InChI=1S/C13H20N2O3/c1-13(5-3-7-18-9-13)15-8-11-10(4-6-14-11)12(16)17-2/h4,6,14-15H,3,5,7-9H2,1-2H3. The molecule has 1 unspecified atom stereocenters. The Morgan fingerprint density at radius 1 is 1.67 bits per heavy atom. The average molecular weight is 252 g/mol. The highest BCUT2D eigenvalue weighted by atomic mass is 16.5. The number of hydrogen-bond acceptors (Lipinski definition) is 4. The predicted molar refractivity (Wildman–Crippen MR) is 67.4 cm³/mol. The van der Waals surface area contributed by atoms with Crippen molar-refractivity contribution in [1.82, 2.24) is 10.3 Å². The Morgan fingerprint density at radius 2 is 2.50 bits per heavy atom. The third-order valence-electron chi connectivity index (χ3n) is 3.37. The Bertz CT molecular complexity index is 408. The molecule has 1 aromatic rings. The molecular weight excluding hydrogens is 232 g/mol. The minimum absolute atomic E-state index is 0.0171. The highest BCUT2D eigenvalue weighted by Gasteiger charge is 2.27. The van der Waals surface area contributed by atoms with E-state index >= 15 is 0 Å². The Hall–Kier alpha value is -1.33. The van der Waals surface area contributed by atoms with Crippen molar-refractivity contribution in [2.45, 2.75) is 31.8 Å². The van der Waals surface area contributed by atoms with Crippen molar-refractivity contribution in [3.8, 4) is 0 Å². The van der Waals surface area contributed by atoms with Gasteiger partial charge >= 0.3 is 5.97 Å². The number of aromatic nitrogens is 1. The molecule has 2 heterocycles. The lowest BCUT2D eigenvalue weighted by atomic mass is 9.95. The first-order valence-electron chi connectivity index (χ1n) is 6.22. The summed E-state index contributed by atoms with van der Waals surface area (Å²) in [7, 11) is 1.39. The second-order valence-electron chi connectivity index (χ2n) is 4.93. The van der Waals surface area contributed by atoms with E-state index in [0.717, 1.165) is 25.1 Å². The maximum Gasteiger partial charge on any atom is 0.339 e. The van der Waals surface area contributed by atoms with Crippen molar-refractivity contribution in [3.05, 3.63) is 23.5 Å². The molecule has 0 aromatic carbocycles. The number of esters is 1. The van der Waals surface area contributed by atoms with Gasteiger partial charge in [0.1, 0.15) is 0 Å². The Kier molecular flexibility index (Phi) is 4.04. The lowest BCUT2D eigenvalue weighted by Gasteiger charge is -2.34. The number of hydrogen-bond donors (Lipinski definition) is 2. The van der Waals surface area contributed by atoms with E-state index in [1.165, 1.54) is 7.11 Å². The van der Waals surface area contributed by atoms with E-state index in [0.29, 0.717) is 18.7 Å². The van der Waals surface area contributed by atoms with E-state index < -0.39 is 0 Å². The minimum Gasteiger partial charge on any atom is -0.465 e. The van der Waals surface area contributed by atoms with Gasteiger partial charge in [-0.3, -0.25) is 0 Å². The quantitative estimate of drug-likeness (QED) is 0.796. The van der Waals surface area contributed by atoms with Gasteiger partial charge in [-0.05, 0) is 25.8 Å². The van der Waals surface area contributed by atoms with Gasteiger partial charge < -0.3 is 19.8 Å². The number of methoxy groups -OCH3 is 1. The zero-order valence-electron chi connectivity index (χ0n) is 10.9. The fraction of sp³-hybridized carbons (Fsp3) is 0.615. The summed E-state index contributed by atoms with van der Waals surface area (Å²) in [4.78, 5) is 14.6. The topological polar surface area (TPSA) is 63.4 Å². The maximum atomic E-state index is 11.5. The van der Waals surface area contributed by atoms with Crippen LogP contribution in [0.4, 0.5) is 0 Å².